The maximum atomic E-state index is 12.4. The molecule has 0 radical (unpaired) electrons. The fourth-order valence-corrected chi connectivity index (χ4v) is 4.20. The summed E-state index contributed by atoms with van der Waals surface area (Å²) in [5.74, 6) is 1.82. The number of nitrogens with zero attached hydrogens (tertiary/aromatic N) is 4. The van der Waals surface area contributed by atoms with Gasteiger partial charge in [-0.2, -0.15) is 0 Å². The molecule has 2 aromatic heterocycles. The predicted molar refractivity (Wildman–Crippen MR) is 131 cm³/mol. The summed E-state index contributed by atoms with van der Waals surface area (Å²) in [6.07, 6.45) is 2.52. The van der Waals surface area contributed by atoms with E-state index in [0.29, 0.717) is 18.2 Å². The van der Waals surface area contributed by atoms with Crippen molar-refractivity contribution in [1.29, 1.82) is 0 Å². The summed E-state index contributed by atoms with van der Waals surface area (Å²) < 4.78 is 7.51. The number of para-hydroxylation sites is 1. The standard InChI is InChI=1S/C25H27N5O2S/c1-29(21-12-6-3-7-13-21)16-9-15-26-23(31)19-33-25-28-27-24(20-10-4-2-5-11-20)30(25)18-22-14-8-17-32-22/h2-8,10-14,17H,9,15-16,18-19H2,1H3,(H,26,31). The Kier molecular flexibility index (Phi) is 7.81. The number of rotatable bonds is 11. The van der Waals surface area contributed by atoms with Gasteiger partial charge >= 0.3 is 0 Å². The van der Waals surface area contributed by atoms with E-state index in [9.17, 15) is 4.79 Å². The number of carbonyl (C=O) groups is 1. The molecule has 0 aliphatic carbocycles. The van der Waals surface area contributed by atoms with Gasteiger partial charge in [0.25, 0.3) is 0 Å². The smallest absolute Gasteiger partial charge is 0.230 e. The zero-order chi connectivity index (χ0) is 22.9. The highest BCUT2D eigenvalue weighted by Crippen LogP contribution is 2.25. The summed E-state index contributed by atoms with van der Waals surface area (Å²) >= 11 is 1.38. The Hall–Kier alpha value is -3.52. The number of furan rings is 1. The van der Waals surface area contributed by atoms with Gasteiger partial charge in [-0.1, -0.05) is 60.3 Å². The van der Waals surface area contributed by atoms with Crippen LogP contribution in [0.4, 0.5) is 5.69 Å². The molecular formula is C25H27N5O2S. The zero-order valence-electron chi connectivity index (χ0n) is 18.6. The molecule has 0 atom stereocenters. The van der Waals surface area contributed by atoms with Crippen LogP contribution >= 0.6 is 11.8 Å². The fraction of sp³-hybridized carbons (Fsp3) is 0.240. The Labute approximate surface area is 197 Å². The minimum atomic E-state index is -0.0174. The molecule has 2 aromatic carbocycles. The first-order valence-electron chi connectivity index (χ1n) is 10.9. The van der Waals surface area contributed by atoms with E-state index < -0.39 is 0 Å². The Balaban J connectivity index is 1.31. The van der Waals surface area contributed by atoms with Crippen LogP contribution in [-0.2, 0) is 11.3 Å². The summed E-state index contributed by atoms with van der Waals surface area (Å²) in [5.41, 5.74) is 2.14. The van der Waals surface area contributed by atoms with Gasteiger partial charge in [-0.05, 0) is 30.7 Å². The summed E-state index contributed by atoms with van der Waals surface area (Å²) in [6, 6.07) is 23.9. The average Bonchev–Trinajstić information content (AvgIpc) is 3.52. The van der Waals surface area contributed by atoms with E-state index in [4.69, 9.17) is 4.42 Å². The summed E-state index contributed by atoms with van der Waals surface area (Å²) in [7, 11) is 2.06. The van der Waals surface area contributed by atoms with Crippen molar-refractivity contribution in [3.63, 3.8) is 0 Å². The average molecular weight is 462 g/mol. The zero-order valence-corrected chi connectivity index (χ0v) is 19.4. The van der Waals surface area contributed by atoms with Gasteiger partial charge in [0.15, 0.2) is 11.0 Å². The van der Waals surface area contributed by atoms with E-state index in [0.717, 1.165) is 30.1 Å². The third kappa shape index (κ3) is 6.26. The van der Waals surface area contributed by atoms with E-state index in [1.165, 1.54) is 17.4 Å². The molecule has 1 amide bonds. The molecule has 8 heteroatoms. The number of benzene rings is 2. The molecule has 0 aliphatic heterocycles. The van der Waals surface area contributed by atoms with E-state index in [1.54, 1.807) is 6.26 Å². The maximum Gasteiger partial charge on any atom is 0.230 e. The van der Waals surface area contributed by atoms with Gasteiger partial charge in [0, 0.05) is 31.4 Å². The van der Waals surface area contributed by atoms with Crippen LogP contribution in [0.2, 0.25) is 0 Å². The van der Waals surface area contributed by atoms with Crippen LogP contribution in [-0.4, -0.2) is 46.6 Å². The number of anilines is 1. The van der Waals surface area contributed by atoms with E-state index in [2.05, 4.69) is 39.6 Å². The monoisotopic (exact) mass is 461 g/mol. The first-order valence-corrected chi connectivity index (χ1v) is 11.9. The minimum absolute atomic E-state index is 0.0174. The van der Waals surface area contributed by atoms with Gasteiger partial charge in [-0.25, -0.2) is 0 Å². The number of hydrogen-bond acceptors (Lipinski definition) is 6. The highest BCUT2D eigenvalue weighted by atomic mass is 32.2. The molecular weight excluding hydrogens is 434 g/mol. The molecule has 170 valence electrons. The number of thioether (sulfide) groups is 1. The predicted octanol–water partition coefficient (Wildman–Crippen LogP) is 4.32. The van der Waals surface area contributed by atoms with Gasteiger partial charge in [0.2, 0.25) is 5.91 Å². The van der Waals surface area contributed by atoms with Crippen molar-refractivity contribution >= 4 is 23.4 Å². The van der Waals surface area contributed by atoms with Crippen molar-refractivity contribution in [3.8, 4) is 11.4 Å². The van der Waals surface area contributed by atoms with Crippen molar-refractivity contribution in [1.82, 2.24) is 20.1 Å². The SMILES string of the molecule is CN(CCCNC(=O)CSc1nnc(-c2ccccc2)n1Cc1ccco1)c1ccccc1. The van der Waals surface area contributed by atoms with Crippen LogP contribution in [0.3, 0.4) is 0 Å². The number of nitrogens with one attached hydrogen (secondary N) is 1. The van der Waals surface area contributed by atoms with E-state index in [1.807, 2.05) is 65.2 Å². The second-order valence-electron chi connectivity index (χ2n) is 7.59. The van der Waals surface area contributed by atoms with Crippen molar-refractivity contribution in [3.05, 3.63) is 84.8 Å². The molecule has 0 bridgehead atoms. The summed E-state index contributed by atoms with van der Waals surface area (Å²) in [6.45, 7) is 2.00. The molecule has 0 saturated carbocycles. The van der Waals surface area contributed by atoms with Gasteiger partial charge < -0.3 is 14.6 Å². The second kappa shape index (κ2) is 11.4. The van der Waals surface area contributed by atoms with Gasteiger partial charge in [0.1, 0.15) is 5.76 Å². The van der Waals surface area contributed by atoms with Gasteiger partial charge in [0.05, 0.1) is 18.6 Å². The Morgan fingerprint density at radius 2 is 1.79 bits per heavy atom. The lowest BCUT2D eigenvalue weighted by Crippen LogP contribution is -2.29. The quantitative estimate of drug-likeness (QED) is 0.265. The third-order valence-corrected chi connectivity index (χ3v) is 6.13. The Bertz CT molecular complexity index is 1130. The van der Waals surface area contributed by atoms with Gasteiger partial charge in [-0.15, -0.1) is 10.2 Å². The van der Waals surface area contributed by atoms with Crippen LogP contribution in [0.1, 0.15) is 12.2 Å². The van der Waals surface area contributed by atoms with Crippen LogP contribution in [0.5, 0.6) is 0 Å². The summed E-state index contributed by atoms with van der Waals surface area (Å²) in [4.78, 5) is 14.6. The molecule has 0 aliphatic rings. The molecule has 0 unspecified atom stereocenters. The molecule has 4 aromatic rings. The first kappa shape index (κ1) is 22.7. The van der Waals surface area contributed by atoms with Crippen LogP contribution in [0, 0.1) is 0 Å². The Morgan fingerprint density at radius 1 is 1.03 bits per heavy atom. The maximum absolute atomic E-state index is 12.4. The normalized spacial score (nSPS) is 10.8. The Morgan fingerprint density at radius 3 is 2.52 bits per heavy atom. The van der Waals surface area contributed by atoms with Crippen molar-refractivity contribution in [2.75, 3.05) is 30.8 Å². The number of hydrogen-bond donors (Lipinski definition) is 1. The summed E-state index contributed by atoms with van der Waals surface area (Å²) in [5, 5.41) is 12.4. The molecule has 4 rings (SSSR count). The number of amides is 1. The van der Waals surface area contributed by atoms with Crippen LogP contribution in [0.25, 0.3) is 11.4 Å². The fourth-order valence-electron chi connectivity index (χ4n) is 3.43. The first-order chi connectivity index (χ1) is 16.2. The molecule has 2 heterocycles. The van der Waals surface area contributed by atoms with Gasteiger partial charge in [-0.3, -0.25) is 9.36 Å². The molecule has 0 spiro atoms. The molecule has 0 fully saturated rings. The lowest BCUT2D eigenvalue weighted by atomic mass is 10.2. The second-order valence-corrected chi connectivity index (χ2v) is 8.53. The van der Waals surface area contributed by atoms with Crippen molar-refractivity contribution in [2.24, 2.45) is 0 Å². The molecule has 1 N–H and O–H groups in total. The van der Waals surface area contributed by atoms with Crippen molar-refractivity contribution < 1.29 is 9.21 Å². The highest BCUT2D eigenvalue weighted by molar-refractivity contribution is 7.99. The minimum Gasteiger partial charge on any atom is -0.467 e. The van der Waals surface area contributed by atoms with E-state index >= 15 is 0 Å². The number of carbonyl (C=O) groups excluding carboxylic acids is 1. The number of aromatic nitrogens is 3. The van der Waals surface area contributed by atoms with Crippen LogP contribution < -0.4 is 10.2 Å². The largest absolute Gasteiger partial charge is 0.467 e. The molecule has 0 saturated heterocycles. The highest BCUT2D eigenvalue weighted by Gasteiger charge is 2.17. The molecule has 7 nitrogen and oxygen atoms in total. The van der Waals surface area contributed by atoms with Crippen molar-refractivity contribution in [2.45, 2.75) is 18.1 Å². The molecule has 33 heavy (non-hydrogen) atoms. The lowest BCUT2D eigenvalue weighted by Gasteiger charge is -2.19. The van der Waals surface area contributed by atoms with Crippen LogP contribution in [0.15, 0.2) is 88.6 Å². The lowest BCUT2D eigenvalue weighted by molar-refractivity contribution is -0.118. The topological polar surface area (TPSA) is 76.2 Å². The third-order valence-electron chi connectivity index (χ3n) is 5.16. The van der Waals surface area contributed by atoms with E-state index in [-0.39, 0.29) is 11.7 Å².